The van der Waals surface area contributed by atoms with Gasteiger partial charge in [-0.25, -0.2) is 14.2 Å². The van der Waals surface area contributed by atoms with Gasteiger partial charge in [0.05, 0.1) is 23.4 Å². The lowest BCUT2D eigenvalue weighted by molar-refractivity contribution is 0.0693. The van der Waals surface area contributed by atoms with E-state index in [-0.39, 0.29) is 22.8 Å². The zero-order valence-corrected chi connectivity index (χ0v) is 16.0. The van der Waals surface area contributed by atoms with Crippen LogP contribution in [0.3, 0.4) is 0 Å². The molecule has 1 heterocycles. The van der Waals surface area contributed by atoms with Gasteiger partial charge in [-0.05, 0) is 42.8 Å². The number of carbonyl (C=O) groups is 2. The molecule has 1 amide bonds. The maximum absolute atomic E-state index is 13.0. The van der Waals surface area contributed by atoms with Gasteiger partial charge in [0.1, 0.15) is 11.6 Å². The van der Waals surface area contributed by atoms with E-state index in [0.29, 0.717) is 10.6 Å². The molecule has 0 saturated heterocycles. The molecule has 1 atom stereocenters. The van der Waals surface area contributed by atoms with Crippen LogP contribution < -0.4 is 10.1 Å². The lowest BCUT2D eigenvalue weighted by Crippen LogP contribution is -2.28. The Hall–Kier alpha value is -3.45. The average Bonchev–Trinajstić information content (AvgIpc) is 2.70. The summed E-state index contributed by atoms with van der Waals surface area (Å²) in [5.74, 6) is -1.85. The number of hydrogen-bond donors (Lipinski definition) is 2. The Morgan fingerprint density at radius 1 is 1.14 bits per heavy atom. The topological polar surface area (TPSA) is 88.5 Å². The number of nitrogens with one attached hydrogen (secondary N) is 1. The number of nitrogens with zero attached hydrogens (tertiary/aromatic N) is 1. The molecule has 3 aromatic rings. The largest absolute Gasteiger partial charge is 0.478 e. The summed E-state index contributed by atoms with van der Waals surface area (Å²) in [6.45, 7) is 1.67. The number of benzene rings is 2. The minimum absolute atomic E-state index is 0.0957. The first-order valence-corrected chi connectivity index (χ1v) is 8.95. The van der Waals surface area contributed by atoms with Gasteiger partial charge in [0.25, 0.3) is 5.91 Å². The van der Waals surface area contributed by atoms with E-state index < -0.39 is 23.7 Å². The van der Waals surface area contributed by atoms with Crippen molar-refractivity contribution in [2.75, 3.05) is 0 Å². The van der Waals surface area contributed by atoms with Crippen molar-refractivity contribution in [3.63, 3.8) is 0 Å². The van der Waals surface area contributed by atoms with E-state index in [1.165, 1.54) is 30.3 Å². The summed E-state index contributed by atoms with van der Waals surface area (Å²) >= 11 is 6.03. The highest BCUT2D eigenvalue weighted by Gasteiger charge is 2.20. The van der Waals surface area contributed by atoms with Crippen molar-refractivity contribution in [2.24, 2.45) is 0 Å². The van der Waals surface area contributed by atoms with Crippen molar-refractivity contribution in [1.29, 1.82) is 0 Å². The van der Waals surface area contributed by atoms with Gasteiger partial charge in [-0.1, -0.05) is 29.8 Å². The first-order chi connectivity index (χ1) is 13.8. The highest BCUT2D eigenvalue weighted by atomic mass is 35.5. The third-order valence-electron chi connectivity index (χ3n) is 4.11. The quantitative estimate of drug-likeness (QED) is 0.601. The van der Waals surface area contributed by atoms with Gasteiger partial charge in [-0.3, -0.25) is 4.79 Å². The second-order valence-corrected chi connectivity index (χ2v) is 6.58. The van der Waals surface area contributed by atoms with Crippen molar-refractivity contribution in [3.05, 3.63) is 88.3 Å². The summed E-state index contributed by atoms with van der Waals surface area (Å²) in [4.78, 5) is 28.1. The number of carboxylic acid groups (broad SMARTS) is 1. The third kappa shape index (κ3) is 4.89. The lowest BCUT2D eigenvalue weighted by Gasteiger charge is -2.18. The summed E-state index contributed by atoms with van der Waals surface area (Å²) in [6.07, 6.45) is 0.996. The Labute approximate surface area is 170 Å². The molecule has 0 spiro atoms. The Morgan fingerprint density at radius 2 is 1.90 bits per heavy atom. The molecule has 0 radical (unpaired) electrons. The van der Waals surface area contributed by atoms with Crippen LogP contribution >= 0.6 is 11.6 Å². The lowest BCUT2D eigenvalue weighted by atomic mass is 10.0. The molecular weight excluding hydrogens is 399 g/mol. The second kappa shape index (κ2) is 8.70. The fraction of sp³-hybridized carbons (Fsp3) is 0.0952. The van der Waals surface area contributed by atoms with Crippen molar-refractivity contribution in [3.8, 4) is 11.6 Å². The van der Waals surface area contributed by atoms with E-state index in [1.54, 1.807) is 31.2 Å². The minimum atomic E-state index is -1.09. The standard InChI is InChI=1S/C21H16ClFN2O4/c1-12(15-4-2-3-5-16(15)21(27)28)25-20(26)17-10-13(22)6-8-18(17)29-19-9-7-14(23)11-24-19/h2-12H,1H3,(H,25,26)(H,27,28)/t12-/m0/s1. The first kappa shape index (κ1) is 20.3. The average molecular weight is 415 g/mol. The van der Waals surface area contributed by atoms with E-state index >= 15 is 0 Å². The summed E-state index contributed by atoms with van der Waals surface area (Å²) in [5.41, 5.74) is 0.680. The first-order valence-electron chi connectivity index (χ1n) is 8.57. The van der Waals surface area contributed by atoms with Crippen molar-refractivity contribution in [1.82, 2.24) is 10.3 Å². The van der Waals surface area contributed by atoms with E-state index in [9.17, 15) is 19.1 Å². The maximum Gasteiger partial charge on any atom is 0.336 e. The van der Waals surface area contributed by atoms with Gasteiger partial charge < -0.3 is 15.2 Å². The van der Waals surface area contributed by atoms with Gasteiger partial charge in [-0.2, -0.15) is 0 Å². The fourth-order valence-corrected chi connectivity index (χ4v) is 2.90. The number of amides is 1. The van der Waals surface area contributed by atoms with E-state index in [1.807, 2.05) is 0 Å². The molecule has 0 aliphatic carbocycles. The number of carboxylic acids is 1. The number of halogens is 2. The van der Waals surface area contributed by atoms with Gasteiger partial charge in [0.2, 0.25) is 5.88 Å². The number of aromatic carboxylic acids is 1. The van der Waals surface area contributed by atoms with Crippen LogP contribution in [0.2, 0.25) is 5.02 Å². The third-order valence-corrected chi connectivity index (χ3v) is 4.34. The molecule has 0 unspecified atom stereocenters. The van der Waals surface area contributed by atoms with Crippen LogP contribution in [-0.2, 0) is 0 Å². The Balaban J connectivity index is 1.86. The fourth-order valence-electron chi connectivity index (χ4n) is 2.73. The monoisotopic (exact) mass is 414 g/mol. The molecule has 29 heavy (non-hydrogen) atoms. The molecule has 3 rings (SSSR count). The molecule has 2 N–H and O–H groups in total. The molecule has 1 aromatic heterocycles. The van der Waals surface area contributed by atoms with Crippen molar-refractivity contribution in [2.45, 2.75) is 13.0 Å². The van der Waals surface area contributed by atoms with Crippen LogP contribution in [0.4, 0.5) is 4.39 Å². The molecule has 0 bridgehead atoms. The predicted octanol–water partition coefficient (Wildman–Crippen LogP) is 4.86. The van der Waals surface area contributed by atoms with Crippen LogP contribution in [0, 0.1) is 5.82 Å². The summed E-state index contributed by atoms with van der Waals surface area (Å²) in [6, 6.07) is 12.8. The van der Waals surface area contributed by atoms with Gasteiger partial charge in [0.15, 0.2) is 0 Å². The highest BCUT2D eigenvalue weighted by molar-refractivity contribution is 6.31. The van der Waals surface area contributed by atoms with E-state index in [0.717, 1.165) is 6.20 Å². The molecule has 8 heteroatoms. The van der Waals surface area contributed by atoms with Crippen LogP contribution in [0.25, 0.3) is 0 Å². The van der Waals surface area contributed by atoms with E-state index in [4.69, 9.17) is 16.3 Å². The number of rotatable bonds is 6. The zero-order chi connectivity index (χ0) is 21.0. The van der Waals surface area contributed by atoms with Crippen LogP contribution in [-0.4, -0.2) is 22.0 Å². The van der Waals surface area contributed by atoms with Crippen LogP contribution in [0.15, 0.2) is 60.8 Å². The second-order valence-electron chi connectivity index (χ2n) is 6.14. The van der Waals surface area contributed by atoms with Gasteiger partial charge in [0, 0.05) is 11.1 Å². The number of hydrogen-bond acceptors (Lipinski definition) is 4. The molecule has 0 aliphatic rings. The molecule has 0 aliphatic heterocycles. The Morgan fingerprint density at radius 3 is 2.59 bits per heavy atom. The van der Waals surface area contributed by atoms with Crippen molar-refractivity contribution >= 4 is 23.5 Å². The molecule has 148 valence electrons. The van der Waals surface area contributed by atoms with Gasteiger partial charge >= 0.3 is 5.97 Å². The molecule has 0 fully saturated rings. The maximum atomic E-state index is 13.0. The Bertz CT molecular complexity index is 1060. The number of carbonyl (C=O) groups excluding carboxylic acids is 1. The highest BCUT2D eigenvalue weighted by Crippen LogP contribution is 2.28. The molecule has 6 nitrogen and oxygen atoms in total. The number of ether oxygens (including phenoxy) is 1. The molecule has 2 aromatic carbocycles. The SMILES string of the molecule is C[C@H](NC(=O)c1cc(Cl)ccc1Oc1ccc(F)cn1)c1ccccc1C(=O)O. The summed E-state index contributed by atoms with van der Waals surface area (Å²) < 4.78 is 18.6. The van der Waals surface area contributed by atoms with E-state index in [2.05, 4.69) is 10.3 Å². The smallest absolute Gasteiger partial charge is 0.336 e. The predicted molar refractivity (Wildman–Crippen MR) is 105 cm³/mol. The number of aromatic nitrogens is 1. The molecule has 0 saturated carbocycles. The number of pyridine rings is 1. The Kier molecular flexibility index (Phi) is 6.09. The zero-order valence-electron chi connectivity index (χ0n) is 15.2. The molecular formula is C21H16ClFN2O4. The van der Waals surface area contributed by atoms with Gasteiger partial charge in [-0.15, -0.1) is 0 Å². The van der Waals surface area contributed by atoms with Crippen LogP contribution in [0.5, 0.6) is 11.6 Å². The minimum Gasteiger partial charge on any atom is -0.478 e. The normalized spacial score (nSPS) is 11.6. The van der Waals surface area contributed by atoms with Crippen molar-refractivity contribution < 1.29 is 23.8 Å². The summed E-state index contributed by atoms with van der Waals surface area (Å²) in [7, 11) is 0. The van der Waals surface area contributed by atoms with Crippen LogP contribution in [0.1, 0.15) is 39.2 Å². The summed E-state index contributed by atoms with van der Waals surface area (Å²) in [5, 5.41) is 12.4.